The van der Waals surface area contributed by atoms with Crippen molar-refractivity contribution in [3.05, 3.63) is 59.2 Å². The zero-order valence-corrected chi connectivity index (χ0v) is 15.5. The average molecular weight is 381 g/mol. The summed E-state index contributed by atoms with van der Waals surface area (Å²) in [6.45, 7) is 2.14. The van der Waals surface area contributed by atoms with Gasteiger partial charge in [0.1, 0.15) is 11.5 Å². The van der Waals surface area contributed by atoms with Crippen LogP contribution >= 0.6 is 0 Å². The Bertz CT molecular complexity index is 940. The smallest absolute Gasteiger partial charge is 0.280 e. The Labute approximate surface area is 162 Å². The molecule has 0 spiro atoms. The SMILES string of the molecule is CC1CCc2cc(F)ccc2N1C(=O)CCCN1C(=O)c2cccnc2C1=O. The fourth-order valence-corrected chi connectivity index (χ4v) is 3.93. The summed E-state index contributed by atoms with van der Waals surface area (Å²) in [5.41, 5.74) is 2.05. The first-order valence-corrected chi connectivity index (χ1v) is 9.39. The van der Waals surface area contributed by atoms with E-state index in [4.69, 9.17) is 0 Å². The van der Waals surface area contributed by atoms with Crippen LogP contribution in [0.3, 0.4) is 0 Å². The number of nitrogens with zero attached hydrogens (tertiary/aromatic N) is 3. The van der Waals surface area contributed by atoms with Crippen molar-refractivity contribution in [2.24, 2.45) is 0 Å². The first-order chi connectivity index (χ1) is 13.5. The van der Waals surface area contributed by atoms with Crippen molar-refractivity contribution in [1.29, 1.82) is 0 Å². The van der Waals surface area contributed by atoms with Gasteiger partial charge in [-0.3, -0.25) is 24.3 Å². The van der Waals surface area contributed by atoms with Crippen molar-refractivity contribution in [3.63, 3.8) is 0 Å². The highest BCUT2D eigenvalue weighted by Crippen LogP contribution is 2.32. The maximum Gasteiger partial charge on any atom is 0.280 e. The highest BCUT2D eigenvalue weighted by atomic mass is 19.1. The molecule has 1 aromatic heterocycles. The van der Waals surface area contributed by atoms with Gasteiger partial charge in [0.25, 0.3) is 11.8 Å². The molecule has 0 bridgehead atoms. The molecule has 1 aromatic carbocycles. The molecule has 0 saturated carbocycles. The molecule has 0 fully saturated rings. The average Bonchev–Trinajstić information content (AvgIpc) is 2.93. The lowest BCUT2D eigenvalue weighted by Gasteiger charge is -2.35. The van der Waals surface area contributed by atoms with E-state index in [1.165, 1.54) is 18.3 Å². The lowest BCUT2D eigenvalue weighted by atomic mass is 9.96. The largest absolute Gasteiger partial charge is 0.309 e. The van der Waals surface area contributed by atoms with E-state index in [1.54, 1.807) is 23.1 Å². The van der Waals surface area contributed by atoms with Crippen LogP contribution in [0.5, 0.6) is 0 Å². The van der Waals surface area contributed by atoms with Crippen LogP contribution in [0.4, 0.5) is 10.1 Å². The monoisotopic (exact) mass is 381 g/mol. The molecule has 1 unspecified atom stereocenters. The minimum absolute atomic E-state index is 0.0222. The molecular weight excluding hydrogens is 361 g/mol. The van der Waals surface area contributed by atoms with Gasteiger partial charge in [0.2, 0.25) is 5.91 Å². The second-order valence-corrected chi connectivity index (χ2v) is 7.19. The Morgan fingerprint density at radius 3 is 2.86 bits per heavy atom. The van der Waals surface area contributed by atoms with E-state index >= 15 is 0 Å². The maximum atomic E-state index is 13.5. The predicted octanol–water partition coefficient (Wildman–Crippen LogP) is 2.96. The van der Waals surface area contributed by atoms with E-state index in [1.807, 2.05) is 6.92 Å². The quantitative estimate of drug-likeness (QED) is 0.764. The van der Waals surface area contributed by atoms with Crippen LogP contribution in [0, 0.1) is 5.82 Å². The van der Waals surface area contributed by atoms with Crippen molar-refractivity contribution in [3.8, 4) is 0 Å². The molecule has 1 atom stereocenters. The van der Waals surface area contributed by atoms with E-state index in [0.29, 0.717) is 12.0 Å². The van der Waals surface area contributed by atoms with Crippen LogP contribution in [0.25, 0.3) is 0 Å². The van der Waals surface area contributed by atoms with Crippen LogP contribution in [0.15, 0.2) is 36.5 Å². The van der Waals surface area contributed by atoms with Gasteiger partial charge in [0.15, 0.2) is 0 Å². The van der Waals surface area contributed by atoms with Gasteiger partial charge < -0.3 is 4.90 Å². The number of rotatable bonds is 4. The number of amides is 3. The third-order valence-electron chi connectivity index (χ3n) is 5.35. The van der Waals surface area contributed by atoms with Crippen LogP contribution in [0.1, 0.15) is 52.6 Å². The summed E-state index contributed by atoms with van der Waals surface area (Å²) in [7, 11) is 0. The van der Waals surface area contributed by atoms with Crippen LogP contribution < -0.4 is 4.90 Å². The summed E-state index contributed by atoms with van der Waals surface area (Å²) in [5, 5.41) is 0. The number of carbonyl (C=O) groups excluding carboxylic acids is 3. The number of hydrogen-bond donors (Lipinski definition) is 0. The number of anilines is 1. The predicted molar refractivity (Wildman–Crippen MR) is 101 cm³/mol. The van der Waals surface area contributed by atoms with Crippen LogP contribution in [-0.4, -0.2) is 40.2 Å². The first kappa shape index (κ1) is 18.3. The van der Waals surface area contributed by atoms with Gasteiger partial charge in [-0.1, -0.05) is 0 Å². The maximum absolute atomic E-state index is 13.5. The molecule has 6 nitrogen and oxygen atoms in total. The lowest BCUT2D eigenvalue weighted by molar-refractivity contribution is -0.119. The zero-order valence-electron chi connectivity index (χ0n) is 15.5. The van der Waals surface area contributed by atoms with Crippen molar-refractivity contribution in [2.75, 3.05) is 11.4 Å². The van der Waals surface area contributed by atoms with E-state index in [9.17, 15) is 18.8 Å². The molecule has 7 heteroatoms. The number of halogens is 1. The molecule has 144 valence electrons. The summed E-state index contributed by atoms with van der Waals surface area (Å²) in [4.78, 5) is 44.4. The number of hydrogen-bond acceptors (Lipinski definition) is 4. The lowest BCUT2D eigenvalue weighted by Crippen LogP contribution is -2.42. The molecule has 0 N–H and O–H groups in total. The molecule has 28 heavy (non-hydrogen) atoms. The molecule has 3 heterocycles. The molecule has 0 aliphatic carbocycles. The number of fused-ring (bicyclic) bond motifs is 2. The van der Waals surface area contributed by atoms with Crippen molar-refractivity contribution in [2.45, 2.75) is 38.6 Å². The van der Waals surface area contributed by atoms with Gasteiger partial charge in [-0.05, 0) is 62.1 Å². The highest BCUT2D eigenvalue weighted by molar-refractivity contribution is 6.20. The Kier molecular flexibility index (Phi) is 4.66. The Morgan fingerprint density at radius 1 is 1.25 bits per heavy atom. The van der Waals surface area contributed by atoms with Crippen LogP contribution in [-0.2, 0) is 11.2 Å². The summed E-state index contributed by atoms with van der Waals surface area (Å²) in [6, 6.07) is 7.72. The number of carbonyl (C=O) groups is 3. The summed E-state index contributed by atoms with van der Waals surface area (Å²) in [5.74, 6) is -1.18. The van der Waals surface area contributed by atoms with Gasteiger partial charge in [0.05, 0.1) is 5.56 Å². The number of pyridine rings is 1. The molecule has 0 saturated heterocycles. The normalized spacial score (nSPS) is 18.3. The third kappa shape index (κ3) is 3.06. The Balaban J connectivity index is 1.42. The summed E-state index contributed by atoms with van der Waals surface area (Å²) in [6.07, 6.45) is 3.55. The molecular formula is C21H20FN3O3. The fraction of sp³-hybridized carbons (Fsp3) is 0.333. The van der Waals surface area contributed by atoms with E-state index in [2.05, 4.69) is 4.98 Å². The van der Waals surface area contributed by atoms with E-state index in [-0.39, 0.29) is 42.3 Å². The molecule has 2 aliphatic rings. The number of aryl methyl sites for hydroxylation is 1. The third-order valence-corrected chi connectivity index (χ3v) is 5.35. The standard InChI is InChI=1S/C21H20FN3O3/c1-13-6-7-14-12-15(22)8-9-17(14)25(13)18(26)5-3-11-24-20(27)16-4-2-10-23-19(16)21(24)28/h2,4,8-10,12-13H,3,5-7,11H2,1H3. The molecule has 0 radical (unpaired) electrons. The van der Waals surface area contributed by atoms with Crippen molar-refractivity contribution < 1.29 is 18.8 Å². The molecule has 4 rings (SSSR count). The minimum Gasteiger partial charge on any atom is -0.309 e. The Hall–Kier alpha value is -3.09. The van der Waals surface area contributed by atoms with E-state index < -0.39 is 5.91 Å². The summed E-state index contributed by atoms with van der Waals surface area (Å²) >= 11 is 0. The van der Waals surface area contributed by atoms with E-state index in [0.717, 1.165) is 29.0 Å². The first-order valence-electron chi connectivity index (χ1n) is 9.39. The highest BCUT2D eigenvalue weighted by Gasteiger charge is 2.36. The number of benzene rings is 1. The zero-order chi connectivity index (χ0) is 19.8. The van der Waals surface area contributed by atoms with Gasteiger partial charge >= 0.3 is 0 Å². The molecule has 2 aromatic rings. The number of aromatic nitrogens is 1. The topological polar surface area (TPSA) is 70.6 Å². The fourth-order valence-electron chi connectivity index (χ4n) is 3.93. The summed E-state index contributed by atoms with van der Waals surface area (Å²) < 4.78 is 13.5. The minimum atomic E-state index is -0.416. The molecule has 3 amide bonds. The number of imide groups is 1. The second-order valence-electron chi connectivity index (χ2n) is 7.19. The second kappa shape index (κ2) is 7.14. The van der Waals surface area contributed by atoms with Gasteiger partial charge in [0, 0.05) is 30.9 Å². The Morgan fingerprint density at radius 2 is 2.07 bits per heavy atom. The van der Waals surface area contributed by atoms with Gasteiger partial charge in [-0.25, -0.2) is 4.39 Å². The van der Waals surface area contributed by atoms with Gasteiger partial charge in [-0.2, -0.15) is 0 Å². The van der Waals surface area contributed by atoms with Gasteiger partial charge in [-0.15, -0.1) is 0 Å². The van der Waals surface area contributed by atoms with Crippen LogP contribution in [0.2, 0.25) is 0 Å². The van der Waals surface area contributed by atoms with Crippen molar-refractivity contribution >= 4 is 23.4 Å². The molecule has 2 aliphatic heterocycles. The van der Waals surface area contributed by atoms with Crippen molar-refractivity contribution in [1.82, 2.24) is 9.88 Å².